The minimum atomic E-state index is -3.27. The molecule has 0 aromatic rings. The molecule has 0 aromatic heterocycles. The average Bonchev–Trinajstić information content (AvgIpc) is 2.42. The van der Waals surface area contributed by atoms with Gasteiger partial charge in [0, 0.05) is 26.6 Å². The van der Waals surface area contributed by atoms with Crippen molar-refractivity contribution in [3.05, 3.63) is 0 Å². The molecule has 1 aliphatic rings. The van der Waals surface area contributed by atoms with E-state index >= 15 is 0 Å². The van der Waals surface area contributed by atoms with E-state index in [1.54, 1.807) is 0 Å². The Hall–Kier alpha value is -0.740. The Morgan fingerprint density at radius 1 is 1.52 bits per heavy atom. The second kappa shape index (κ2) is 8.64. The van der Waals surface area contributed by atoms with Gasteiger partial charge in [-0.1, -0.05) is 0 Å². The van der Waals surface area contributed by atoms with Gasteiger partial charge >= 0.3 is 0 Å². The zero-order chi connectivity index (χ0) is 15.9. The van der Waals surface area contributed by atoms with Gasteiger partial charge in [-0.15, -0.1) is 0 Å². The van der Waals surface area contributed by atoms with Crippen molar-refractivity contribution in [1.82, 2.24) is 9.62 Å². The molecule has 8 nitrogen and oxygen atoms in total. The van der Waals surface area contributed by atoms with Crippen molar-refractivity contribution in [2.45, 2.75) is 25.0 Å². The zero-order valence-corrected chi connectivity index (χ0v) is 13.3. The summed E-state index contributed by atoms with van der Waals surface area (Å²) in [6.45, 7) is 1.14. The molecule has 1 aliphatic heterocycles. The molecule has 1 rings (SSSR count). The Morgan fingerprint density at radius 2 is 2.24 bits per heavy atom. The van der Waals surface area contributed by atoms with E-state index in [2.05, 4.69) is 5.32 Å². The molecular formula is C12H24N2O6S. The van der Waals surface area contributed by atoms with Crippen molar-refractivity contribution in [3.8, 4) is 0 Å². The molecular weight excluding hydrogens is 300 g/mol. The lowest BCUT2D eigenvalue weighted by Gasteiger charge is -2.32. The number of sulfonamides is 1. The Kier molecular flexibility index (Phi) is 7.53. The smallest absolute Gasteiger partial charge is 0.221 e. The molecule has 0 spiro atoms. The molecule has 9 heteroatoms. The first-order chi connectivity index (χ1) is 9.84. The van der Waals surface area contributed by atoms with Gasteiger partial charge in [-0.2, -0.15) is 0 Å². The number of hydrogen-bond acceptors (Lipinski definition) is 6. The van der Waals surface area contributed by atoms with Gasteiger partial charge in [0.15, 0.2) is 0 Å². The van der Waals surface area contributed by atoms with E-state index in [0.717, 1.165) is 10.6 Å². The number of carbonyl (C=O) groups is 1. The molecule has 0 radical (unpaired) electrons. The van der Waals surface area contributed by atoms with Gasteiger partial charge in [-0.05, 0) is 6.42 Å². The molecule has 1 saturated heterocycles. The Morgan fingerprint density at radius 3 is 2.86 bits per heavy atom. The Bertz CT molecular complexity index is 427. The maximum Gasteiger partial charge on any atom is 0.221 e. The summed E-state index contributed by atoms with van der Waals surface area (Å²) >= 11 is 0. The fraction of sp³-hybridized carbons (Fsp3) is 0.917. The van der Waals surface area contributed by atoms with Crippen LogP contribution in [-0.4, -0.2) is 82.2 Å². The van der Waals surface area contributed by atoms with Crippen LogP contribution < -0.4 is 5.32 Å². The monoisotopic (exact) mass is 324 g/mol. The predicted octanol–water partition coefficient (Wildman–Crippen LogP) is -1.45. The van der Waals surface area contributed by atoms with E-state index in [4.69, 9.17) is 14.6 Å². The lowest BCUT2D eigenvalue weighted by atomic mass is 10.1. The predicted molar refractivity (Wildman–Crippen MR) is 76.3 cm³/mol. The minimum absolute atomic E-state index is 0.0870. The summed E-state index contributed by atoms with van der Waals surface area (Å²) in [4.78, 5) is 11.9. The molecule has 0 aromatic carbocycles. The van der Waals surface area contributed by atoms with E-state index in [1.807, 2.05) is 0 Å². The first-order valence-electron chi connectivity index (χ1n) is 6.85. The van der Waals surface area contributed by atoms with Gasteiger partial charge in [0.05, 0.1) is 32.1 Å². The van der Waals surface area contributed by atoms with Crippen molar-refractivity contribution in [2.75, 3.05) is 46.3 Å². The standard InChI is InChI=1S/C12H24N2O6S/c1-14(21(2,17)18)5-3-12(16)13-10-4-7-19-9-11(10)20-8-6-15/h10-11,15H,3-9H2,1-2H3,(H,13,16)/t10-,11-/m1/s1. The first-order valence-corrected chi connectivity index (χ1v) is 8.70. The number of rotatable bonds is 8. The molecule has 0 saturated carbocycles. The lowest BCUT2D eigenvalue weighted by molar-refractivity contribution is -0.126. The molecule has 1 amide bonds. The van der Waals surface area contributed by atoms with Crippen molar-refractivity contribution in [3.63, 3.8) is 0 Å². The first kappa shape index (κ1) is 18.3. The summed E-state index contributed by atoms with van der Waals surface area (Å²) < 4.78 is 34.3. The van der Waals surface area contributed by atoms with Gasteiger partial charge in [-0.3, -0.25) is 4.79 Å². The second-order valence-corrected chi connectivity index (χ2v) is 7.09. The fourth-order valence-corrected chi connectivity index (χ4v) is 2.37. The quantitative estimate of drug-likeness (QED) is 0.566. The minimum Gasteiger partial charge on any atom is -0.394 e. The third kappa shape index (κ3) is 6.70. The van der Waals surface area contributed by atoms with Crippen molar-refractivity contribution >= 4 is 15.9 Å². The maximum atomic E-state index is 11.9. The number of ether oxygens (including phenoxy) is 2. The number of nitrogens with one attached hydrogen (secondary N) is 1. The number of aliphatic hydroxyl groups is 1. The third-order valence-electron chi connectivity index (χ3n) is 3.29. The molecule has 0 unspecified atom stereocenters. The average molecular weight is 324 g/mol. The lowest BCUT2D eigenvalue weighted by Crippen LogP contribution is -2.50. The highest BCUT2D eigenvalue weighted by Crippen LogP contribution is 2.11. The van der Waals surface area contributed by atoms with Gasteiger partial charge in [0.2, 0.25) is 15.9 Å². The molecule has 1 heterocycles. The van der Waals surface area contributed by atoms with Crippen LogP contribution in [0.5, 0.6) is 0 Å². The number of carbonyl (C=O) groups excluding carboxylic acids is 1. The fourth-order valence-electron chi connectivity index (χ4n) is 1.95. The van der Waals surface area contributed by atoms with Crippen LogP contribution in [0.4, 0.5) is 0 Å². The summed E-state index contributed by atoms with van der Waals surface area (Å²) in [6, 6.07) is -0.179. The molecule has 0 aliphatic carbocycles. The van der Waals surface area contributed by atoms with E-state index in [1.165, 1.54) is 7.05 Å². The van der Waals surface area contributed by atoms with Gasteiger partial charge < -0.3 is 19.9 Å². The summed E-state index contributed by atoms with van der Waals surface area (Å²) in [5.74, 6) is -0.227. The third-order valence-corrected chi connectivity index (χ3v) is 4.61. The number of hydrogen-bond donors (Lipinski definition) is 2. The largest absolute Gasteiger partial charge is 0.394 e. The molecule has 21 heavy (non-hydrogen) atoms. The second-order valence-electron chi connectivity index (χ2n) is 5.00. The van der Waals surface area contributed by atoms with Crippen molar-refractivity contribution < 1.29 is 27.8 Å². The van der Waals surface area contributed by atoms with Crippen LogP contribution in [0.25, 0.3) is 0 Å². The Balaban J connectivity index is 2.40. The molecule has 2 N–H and O–H groups in total. The van der Waals surface area contributed by atoms with Crippen LogP contribution in [0.1, 0.15) is 12.8 Å². The van der Waals surface area contributed by atoms with E-state index < -0.39 is 10.0 Å². The number of nitrogens with zero attached hydrogens (tertiary/aromatic N) is 1. The molecule has 1 fully saturated rings. The number of aliphatic hydroxyl groups excluding tert-OH is 1. The van der Waals surface area contributed by atoms with Crippen LogP contribution in [-0.2, 0) is 24.3 Å². The summed E-state index contributed by atoms with van der Waals surface area (Å²) in [5.41, 5.74) is 0. The van der Waals surface area contributed by atoms with Gasteiger partial charge in [0.25, 0.3) is 0 Å². The van der Waals surface area contributed by atoms with Crippen LogP contribution in [0.15, 0.2) is 0 Å². The summed E-state index contributed by atoms with van der Waals surface area (Å²) in [5, 5.41) is 11.6. The highest BCUT2D eigenvalue weighted by atomic mass is 32.2. The van der Waals surface area contributed by atoms with E-state index in [9.17, 15) is 13.2 Å². The summed E-state index contributed by atoms with van der Waals surface area (Å²) in [7, 11) is -1.84. The van der Waals surface area contributed by atoms with E-state index in [-0.39, 0.29) is 44.2 Å². The van der Waals surface area contributed by atoms with Crippen molar-refractivity contribution in [1.29, 1.82) is 0 Å². The van der Waals surface area contributed by atoms with Crippen molar-refractivity contribution in [2.24, 2.45) is 0 Å². The normalized spacial score (nSPS) is 23.2. The topological polar surface area (TPSA) is 105 Å². The van der Waals surface area contributed by atoms with E-state index in [0.29, 0.717) is 19.6 Å². The van der Waals surface area contributed by atoms with Gasteiger partial charge in [0.1, 0.15) is 6.10 Å². The zero-order valence-electron chi connectivity index (χ0n) is 12.4. The highest BCUT2D eigenvalue weighted by molar-refractivity contribution is 7.88. The molecule has 2 atom stereocenters. The molecule has 124 valence electrons. The molecule has 0 bridgehead atoms. The highest BCUT2D eigenvalue weighted by Gasteiger charge is 2.27. The maximum absolute atomic E-state index is 11.9. The Labute approximate surface area is 125 Å². The van der Waals surface area contributed by atoms with Gasteiger partial charge in [-0.25, -0.2) is 12.7 Å². The van der Waals surface area contributed by atoms with Crippen LogP contribution in [0.2, 0.25) is 0 Å². The van der Waals surface area contributed by atoms with Crippen LogP contribution in [0.3, 0.4) is 0 Å². The number of amides is 1. The van der Waals surface area contributed by atoms with Crippen LogP contribution >= 0.6 is 0 Å². The SMILES string of the molecule is CN(CCC(=O)N[C@@H]1CCOC[C@H]1OCCO)S(C)(=O)=O. The van der Waals surface area contributed by atoms with Crippen LogP contribution in [0, 0.1) is 0 Å². The summed E-state index contributed by atoms with van der Waals surface area (Å²) in [6.07, 6.45) is 1.53.